The largest absolute Gasteiger partial charge is 0.358 e. The summed E-state index contributed by atoms with van der Waals surface area (Å²) in [7, 11) is -2.91. The zero-order valence-corrected chi connectivity index (χ0v) is 26.0. The van der Waals surface area contributed by atoms with Gasteiger partial charge in [0.1, 0.15) is 0 Å². The summed E-state index contributed by atoms with van der Waals surface area (Å²) < 4.78 is 21.3. The average Bonchev–Trinajstić information content (AvgIpc) is 3.25. The Morgan fingerprint density at radius 2 is 1.90 bits per heavy atom. The summed E-state index contributed by atoms with van der Waals surface area (Å²) in [5.74, 6) is 3.59. The molecule has 0 aromatic carbocycles. The van der Waals surface area contributed by atoms with E-state index in [0.29, 0.717) is 29.8 Å². The normalized spacial score (nSPS) is 18.2. The second-order valence-electron chi connectivity index (χ2n) is 9.02. The Kier molecular flexibility index (Phi) is 19.3. The van der Waals surface area contributed by atoms with Gasteiger partial charge in [-0.05, 0) is 58.8 Å². The molecular formula is C29H49N5O6S. The fraction of sp³-hybridized carbons (Fsp3) is 0.448. The number of hydrogen-bond donors (Lipinski definition) is 7. The minimum Gasteiger partial charge on any atom is -0.358 e. The molecule has 0 saturated heterocycles. The van der Waals surface area contributed by atoms with Gasteiger partial charge in [0, 0.05) is 36.3 Å². The molecule has 1 aliphatic rings. The molecule has 1 aromatic rings. The molecule has 2 rings (SSSR count). The first-order valence-corrected chi connectivity index (χ1v) is 15.2. The maximum Gasteiger partial charge on any atom is 0.255 e. The van der Waals surface area contributed by atoms with E-state index in [-0.39, 0.29) is 17.6 Å². The summed E-state index contributed by atoms with van der Waals surface area (Å²) >= 11 is 0. The van der Waals surface area contributed by atoms with Crippen LogP contribution in [0.5, 0.6) is 0 Å². The van der Waals surface area contributed by atoms with Gasteiger partial charge in [-0.25, -0.2) is 5.26 Å². The van der Waals surface area contributed by atoms with Crippen molar-refractivity contribution in [3.05, 3.63) is 77.3 Å². The molecule has 0 radical (unpaired) electrons. The molecule has 11 nitrogen and oxygen atoms in total. The third kappa shape index (κ3) is 13.5. The van der Waals surface area contributed by atoms with E-state index >= 15 is 0 Å². The summed E-state index contributed by atoms with van der Waals surface area (Å²) in [6.07, 6.45) is 13.9. The molecule has 2 amide bonds. The van der Waals surface area contributed by atoms with E-state index in [0.717, 1.165) is 30.9 Å². The van der Waals surface area contributed by atoms with Gasteiger partial charge in [0.25, 0.3) is 11.8 Å². The monoisotopic (exact) mass is 595 g/mol. The van der Waals surface area contributed by atoms with Gasteiger partial charge in [0.2, 0.25) is 0 Å². The molecule has 0 aliphatic carbocycles. The van der Waals surface area contributed by atoms with Crippen molar-refractivity contribution in [3.63, 3.8) is 0 Å². The third-order valence-electron chi connectivity index (χ3n) is 6.13. The second-order valence-corrected chi connectivity index (χ2v) is 11.4. The Labute approximate surface area is 246 Å². The van der Waals surface area contributed by atoms with E-state index in [9.17, 15) is 18.7 Å². The smallest absolute Gasteiger partial charge is 0.255 e. The molecule has 1 aliphatic heterocycles. The van der Waals surface area contributed by atoms with Crippen LogP contribution in [0.25, 0.3) is 6.08 Å². The standard InChI is InChI=1S/C26H40N4O4S.C3H6.H3NO2/c1-6-9-17-35(33,34)22-11-10-14-27-25(31)21(12-13-22)18-23-19(4)24(20(5)29-23)26(32)28-15-16-30(7-2)8-3;2*1-3-2/h6,9-10,12-14,18,22,29,33-34H,7-8,11,15-17H2,1-5H3,(H,27,31)(H,28,32);3H,1H2,2H3;2H,1H2/b9-6+,13-12+,14-10+,21-18-;;. The Bertz CT molecular complexity index is 1070. The Morgan fingerprint density at radius 3 is 2.46 bits per heavy atom. The molecular weight excluding hydrogens is 546 g/mol. The maximum atomic E-state index is 12.9. The molecule has 12 heteroatoms. The lowest BCUT2D eigenvalue weighted by molar-refractivity contribution is -0.247. The SMILES string of the molecule is C/C=C/CS(O)(O)C1/C=C/C(=C/c2[nH]c(C)c(C(=O)NCCN(CC)CC)c2C)C(=O)N/C=C/C1.C=CC.NOO. The number of carbonyl (C=O) groups excluding carboxylic acids is 2. The molecule has 41 heavy (non-hydrogen) atoms. The summed E-state index contributed by atoms with van der Waals surface area (Å²) in [6, 6.07) is 0. The first-order valence-electron chi connectivity index (χ1n) is 13.5. The second kappa shape index (κ2) is 20.8. The molecule has 0 spiro atoms. The Balaban J connectivity index is 0.00000244. The van der Waals surface area contributed by atoms with Gasteiger partial charge < -0.3 is 20.5 Å². The number of aryl methyl sites for hydroxylation is 1. The van der Waals surface area contributed by atoms with E-state index < -0.39 is 15.8 Å². The minimum atomic E-state index is -2.91. The number of aromatic amines is 1. The number of rotatable bonds is 10. The van der Waals surface area contributed by atoms with Gasteiger partial charge in [-0.2, -0.15) is 16.5 Å². The van der Waals surface area contributed by atoms with Gasteiger partial charge in [0.15, 0.2) is 0 Å². The van der Waals surface area contributed by atoms with Gasteiger partial charge in [0.05, 0.1) is 16.6 Å². The Hall–Kier alpha value is -2.97. The fourth-order valence-corrected chi connectivity index (χ4v) is 5.38. The van der Waals surface area contributed by atoms with Crippen LogP contribution in [0.15, 0.2) is 54.8 Å². The zero-order valence-electron chi connectivity index (χ0n) is 25.1. The van der Waals surface area contributed by atoms with Gasteiger partial charge in [-0.15, -0.1) is 11.6 Å². The van der Waals surface area contributed by atoms with Gasteiger partial charge >= 0.3 is 0 Å². The summed E-state index contributed by atoms with van der Waals surface area (Å²) in [5, 5.41) is 12.0. The highest BCUT2D eigenvalue weighted by atomic mass is 32.3. The summed E-state index contributed by atoms with van der Waals surface area (Å²) in [6.45, 7) is 18.2. The van der Waals surface area contributed by atoms with Gasteiger partial charge in [-0.3, -0.25) is 18.7 Å². The number of amides is 2. The molecule has 0 saturated carbocycles. The maximum absolute atomic E-state index is 12.9. The van der Waals surface area contributed by atoms with E-state index in [1.54, 1.807) is 42.5 Å². The van der Waals surface area contributed by atoms with Crippen LogP contribution in [0.4, 0.5) is 0 Å². The molecule has 1 aromatic heterocycles. The van der Waals surface area contributed by atoms with Crippen molar-refractivity contribution in [1.82, 2.24) is 20.5 Å². The highest BCUT2D eigenvalue weighted by molar-refractivity contribution is 8.25. The average molecular weight is 596 g/mol. The number of H-pyrrole nitrogens is 1. The number of hydrogen-bond acceptors (Lipinski definition) is 8. The van der Waals surface area contributed by atoms with Crippen molar-refractivity contribution in [3.8, 4) is 0 Å². The lowest BCUT2D eigenvalue weighted by atomic mass is 10.1. The first-order chi connectivity index (χ1) is 19.5. The molecule has 2 heterocycles. The predicted molar refractivity (Wildman–Crippen MR) is 169 cm³/mol. The van der Waals surface area contributed by atoms with Crippen LogP contribution in [0.2, 0.25) is 0 Å². The van der Waals surface area contributed by atoms with E-state index in [4.69, 9.17) is 5.26 Å². The minimum absolute atomic E-state index is 0.150. The van der Waals surface area contributed by atoms with E-state index in [1.165, 1.54) is 6.20 Å². The van der Waals surface area contributed by atoms with Crippen molar-refractivity contribution in [2.45, 2.75) is 53.2 Å². The fourth-order valence-electron chi connectivity index (χ4n) is 3.91. The number of aromatic nitrogens is 1. The van der Waals surface area contributed by atoms with Crippen molar-refractivity contribution in [2.24, 2.45) is 5.90 Å². The molecule has 232 valence electrons. The predicted octanol–water partition coefficient (Wildman–Crippen LogP) is 4.91. The van der Waals surface area contributed by atoms with Crippen LogP contribution >= 0.6 is 10.6 Å². The Morgan fingerprint density at radius 1 is 1.29 bits per heavy atom. The summed E-state index contributed by atoms with van der Waals surface area (Å²) in [4.78, 5) is 33.8. The number of carbonyl (C=O) groups is 2. The molecule has 1 unspecified atom stereocenters. The van der Waals surface area contributed by atoms with Crippen molar-refractivity contribution in [2.75, 3.05) is 31.9 Å². The number of likely N-dealkylation sites (N-methyl/N-ethyl adjacent to an activating group) is 1. The van der Waals surface area contributed by atoms with Crippen molar-refractivity contribution < 1.29 is 28.9 Å². The number of nitrogens with one attached hydrogen (secondary N) is 3. The van der Waals surface area contributed by atoms with Crippen LogP contribution in [-0.4, -0.2) is 73.2 Å². The van der Waals surface area contributed by atoms with Crippen molar-refractivity contribution in [1.29, 1.82) is 0 Å². The third-order valence-corrected chi connectivity index (χ3v) is 8.13. The quantitative estimate of drug-likeness (QED) is 0.0864. The lowest BCUT2D eigenvalue weighted by Gasteiger charge is -2.37. The lowest BCUT2D eigenvalue weighted by Crippen LogP contribution is -2.35. The zero-order chi connectivity index (χ0) is 31.4. The molecule has 1 atom stereocenters. The number of nitrogens with two attached hydrogens (primary N) is 1. The number of nitrogens with zero attached hydrogens (tertiary/aromatic N) is 1. The molecule has 8 N–H and O–H groups in total. The molecule has 0 bridgehead atoms. The van der Waals surface area contributed by atoms with Crippen LogP contribution in [0.1, 0.15) is 61.4 Å². The highest BCUT2D eigenvalue weighted by Gasteiger charge is 2.23. The molecule has 0 fully saturated rings. The topological polar surface area (TPSA) is 173 Å². The van der Waals surface area contributed by atoms with Gasteiger partial charge in [-0.1, -0.05) is 50.3 Å². The van der Waals surface area contributed by atoms with Crippen LogP contribution < -0.4 is 16.5 Å². The van der Waals surface area contributed by atoms with Crippen LogP contribution in [0, 0.1) is 13.8 Å². The van der Waals surface area contributed by atoms with E-state index in [1.807, 2.05) is 27.7 Å². The highest BCUT2D eigenvalue weighted by Crippen LogP contribution is 2.46. The summed E-state index contributed by atoms with van der Waals surface area (Å²) in [5.41, 5.74) is 3.05. The first kappa shape index (κ1) is 38.0. The van der Waals surface area contributed by atoms with E-state index in [2.05, 4.69) is 51.8 Å². The van der Waals surface area contributed by atoms with Crippen LogP contribution in [0.3, 0.4) is 0 Å². The number of allylic oxidation sites excluding steroid dienone is 3. The van der Waals surface area contributed by atoms with Crippen molar-refractivity contribution >= 4 is 28.5 Å². The van der Waals surface area contributed by atoms with Crippen LogP contribution in [-0.2, 0) is 9.78 Å².